The van der Waals surface area contributed by atoms with Crippen LogP contribution in [-0.2, 0) is 42.9 Å². The fraction of sp³-hybridized carbons (Fsp3) is 0.754. The average molecular weight is 1080 g/mol. The molecule has 1 aliphatic heterocycles. The highest BCUT2D eigenvalue weighted by atomic mass is 16.7. The van der Waals surface area contributed by atoms with Gasteiger partial charge in [-0.2, -0.15) is 0 Å². The molecule has 12 heteroatoms. The molecule has 6 unspecified atom stereocenters. The minimum Gasteiger partial charge on any atom is -0.479 e. The van der Waals surface area contributed by atoms with Crippen LogP contribution in [0.4, 0.5) is 0 Å². The second-order valence-electron chi connectivity index (χ2n) is 20.9. The summed E-state index contributed by atoms with van der Waals surface area (Å²) in [6, 6.07) is 0. The molecule has 0 bridgehead atoms. The summed E-state index contributed by atoms with van der Waals surface area (Å²) >= 11 is 0. The normalized spacial score (nSPS) is 18.5. The zero-order valence-electron chi connectivity index (χ0n) is 48.7. The molecule has 0 amide bonds. The molecule has 0 spiro atoms. The van der Waals surface area contributed by atoms with Gasteiger partial charge >= 0.3 is 23.9 Å². The van der Waals surface area contributed by atoms with E-state index in [0.717, 1.165) is 128 Å². The lowest BCUT2D eigenvalue weighted by atomic mass is 9.98. The minimum atomic E-state index is -1.91. The molecule has 0 aliphatic carbocycles. The highest BCUT2D eigenvalue weighted by Gasteiger charge is 2.50. The second kappa shape index (κ2) is 52.8. The molecule has 0 radical (unpaired) electrons. The zero-order valence-corrected chi connectivity index (χ0v) is 48.7. The van der Waals surface area contributed by atoms with E-state index in [4.69, 9.17) is 23.7 Å². The first-order chi connectivity index (χ1) is 37.6. The van der Waals surface area contributed by atoms with Gasteiger partial charge in [0.05, 0.1) is 6.61 Å². The van der Waals surface area contributed by atoms with Crippen molar-refractivity contribution in [2.24, 2.45) is 0 Å². The number of allylic oxidation sites excluding steroid dienone is 12. The summed E-state index contributed by atoms with van der Waals surface area (Å²) in [5.41, 5.74) is 0. The summed E-state index contributed by atoms with van der Waals surface area (Å²) in [5.74, 6) is -3.15. The van der Waals surface area contributed by atoms with Gasteiger partial charge in [0.1, 0.15) is 18.8 Å². The molecule has 6 atom stereocenters. The molecule has 3 N–H and O–H groups in total. The van der Waals surface area contributed by atoms with Crippen LogP contribution in [-0.4, -0.2) is 89.2 Å². The van der Waals surface area contributed by atoms with Crippen molar-refractivity contribution in [3.8, 4) is 0 Å². The fourth-order valence-electron chi connectivity index (χ4n) is 8.98. The number of carbonyl (C=O) groups is 4. The maximum Gasteiger partial charge on any atom is 0.335 e. The van der Waals surface area contributed by atoms with Crippen molar-refractivity contribution in [2.75, 3.05) is 13.2 Å². The van der Waals surface area contributed by atoms with Gasteiger partial charge in [-0.1, -0.05) is 216 Å². The molecule has 0 aromatic carbocycles. The lowest BCUT2D eigenvalue weighted by Crippen LogP contribution is -2.61. The Balaban J connectivity index is 2.65. The molecular weight excluding hydrogens is 973 g/mol. The first-order valence-electron chi connectivity index (χ1n) is 30.9. The fourth-order valence-corrected chi connectivity index (χ4v) is 8.98. The van der Waals surface area contributed by atoms with Gasteiger partial charge in [-0.25, -0.2) is 4.79 Å². The third-order valence-electron chi connectivity index (χ3n) is 13.7. The van der Waals surface area contributed by atoms with E-state index >= 15 is 0 Å². The topological polar surface area (TPSA) is 175 Å². The Hall–Kier alpha value is -3.84. The van der Waals surface area contributed by atoms with Gasteiger partial charge < -0.3 is 39.0 Å². The van der Waals surface area contributed by atoms with Crippen molar-refractivity contribution in [1.29, 1.82) is 0 Å². The summed E-state index contributed by atoms with van der Waals surface area (Å²) in [4.78, 5) is 51.2. The second-order valence-corrected chi connectivity index (χ2v) is 20.9. The summed E-state index contributed by atoms with van der Waals surface area (Å²) in [6.45, 7) is 5.83. The molecule has 1 fully saturated rings. The van der Waals surface area contributed by atoms with Gasteiger partial charge in [0, 0.05) is 19.3 Å². The third kappa shape index (κ3) is 42.7. The smallest absolute Gasteiger partial charge is 0.335 e. The highest BCUT2D eigenvalue weighted by molar-refractivity contribution is 5.74. The summed E-state index contributed by atoms with van der Waals surface area (Å²) in [5, 5.41) is 31.5. The van der Waals surface area contributed by atoms with Gasteiger partial charge in [-0.15, -0.1) is 0 Å². The Bertz CT molecular complexity index is 1620. The predicted octanol–water partition coefficient (Wildman–Crippen LogP) is 16.1. The minimum absolute atomic E-state index is 0.0416. The molecule has 0 aromatic rings. The molecule has 1 rings (SSSR count). The van der Waals surface area contributed by atoms with E-state index in [-0.39, 0.29) is 25.9 Å². The quantitative estimate of drug-likeness (QED) is 0.0228. The van der Waals surface area contributed by atoms with Crippen LogP contribution in [0.1, 0.15) is 265 Å². The summed E-state index contributed by atoms with van der Waals surface area (Å²) in [6.07, 6.45) is 54.4. The van der Waals surface area contributed by atoms with E-state index in [2.05, 4.69) is 93.7 Å². The summed E-state index contributed by atoms with van der Waals surface area (Å²) in [7, 11) is 0. The molecule has 1 aliphatic rings. The maximum absolute atomic E-state index is 13.1. The molecule has 77 heavy (non-hydrogen) atoms. The number of unbranched alkanes of at least 4 members (excludes halogenated alkanes) is 26. The Labute approximate surface area is 468 Å². The van der Waals surface area contributed by atoms with Crippen LogP contribution in [0, 0.1) is 0 Å². The molecule has 0 saturated carbocycles. The average Bonchev–Trinajstić information content (AvgIpc) is 3.42. The van der Waals surface area contributed by atoms with Gasteiger partial charge in [0.15, 0.2) is 24.6 Å². The van der Waals surface area contributed by atoms with Crippen LogP contribution in [0.15, 0.2) is 72.9 Å². The van der Waals surface area contributed by atoms with Crippen molar-refractivity contribution in [3.05, 3.63) is 72.9 Å². The number of hydrogen-bond acceptors (Lipinski definition) is 11. The predicted molar refractivity (Wildman–Crippen MR) is 312 cm³/mol. The number of rotatable bonds is 52. The zero-order chi connectivity index (χ0) is 56.1. The lowest BCUT2D eigenvalue weighted by molar-refractivity contribution is -0.301. The lowest BCUT2D eigenvalue weighted by Gasteiger charge is -2.40. The van der Waals surface area contributed by atoms with E-state index in [1.54, 1.807) is 0 Å². The third-order valence-corrected chi connectivity index (χ3v) is 13.7. The van der Waals surface area contributed by atoms with Crippen LogP contribution in [0.5, 0.6) is 0 Å². The Morgan fingerprint density at radius 2 is 0.831 bits per heavy atom. The number of carbonyl (C=O) groups excluding carboxylic acids is 3. The van der Waals surface area contributed by atoms with E-state index in [1.165, 1.54) is 77.0 Å². The standard InChI is InChI=1S/C65H110O12/c1-4-7-10-13-16-19-22-24-26-28-29-31-33-35-38-41-44-47-50-53-59(68)76-63-61(70)60(69)62(64(71)72)77-65(63)74-55-56(75-58(67)52-49-46-43-40-36-21-18-15-12-9-6-3)54-73-57(66)51-48-45-42-39-37-34-32-30-27-25-23-20-17-14-11-8-5-2/h7,10,15-16,18-19,24-27,29,31,56,60-63,65,69-70H,4-6,8-9,11-14,17,20-23,28,30,32-55H2,1-3H3,(H,71,72)/b10-7-,18-15-,19-16-,26-24-,27-25-,31-29-. The number of carboxylic acids is 1. The van der Waals surface area contributed by atoms with E-state index in [9.17, 15) is 34.5 Å². The molecule has 12 nitrogen and oxygen atoms in total. The van der Waals surface area contributed by atoms with Crippen molar-refractivity contribution in [1.82, 2.24) is 0 Å². The molecule has 1 saturated heterocycles. The number of aliphatic carboxylic acids is 1. The van der Waals surface area contributed by atoms with Crippen molar-refractivity contribution in [3.63, 3.8) is 0 Å². The number of carboxylic acid groups (broad SMARTS) is 1. The van der Waals surface area contributed by atoms with Crippen molar-refractivity contribution < 1.29 is 58.2 Å². The summed E-state index contributed by atoms with van der Waals surface area (Å²) < 4.78 is 28.4. The number of ether oxygens (including phenoxy) is 5. The van der Waals surface area contributed by atoms with Gasteiger partial charge in [0.2, 0.25) is 0 Å². The molecular formula is C65H110O12. The van der Waals surface area contributed by atoms with E-state index < -0.39 is 67.3 Å². The van der Waals surface area contributed by atoms with Crippen LogP contribution in [0.25, 0.3) is 0 Å². The molecule has 1 heterocycles. The molecule has 442 valence electrons. The largest absolute Gasteiger partial charge is 0.479 e. The number of aliphatic hydroxyl groups is 2. The van der Waals surface area contributed by atoms with Crippen LogP contribution >= 0.6 is 0 Å². The van der Waals surface area contributed by atoms with Gasteiger partial charge in [-0.3, -0.25) is 14.4 Å². The first-order valence-corrected chi connectivity index (χ1v) is 30.9. The van der Waals surface area contributed by atoms with Crippen LogP contribution < -0.4 is 0 Å². The Morgan fingerprint density at radius 3 is 1.30 bits per heavy atom. The van der Waals surface area contributed by atoms with E-state index in [1.807, 2.05) is 0 Å². The SMILES string of the molecule is CC/C=C\C/C=C\C/C=C\C/C=C\CCCCCCCCC(=O)OC1C(OCC(COC(=O)CCCCCCCCC/C=C\CCCCCCCC)OC(=O)CCCCCCC/C=C\CCCC)OC(C(=O)O)C(O)C1O. The Morgan fingerprint density at radius 1 is 0.442 bits per heavy atom. The first kappa shape index (κ1) is 71.2. The number of aliphatic hydroxyl groups excluding tert-OH is 2. The van der Waals surface area contributed by atoms with Crippen molar-refractivity contribution in [2.45, 2.75) is 302 Å². The van der Waals surface area contributed by atoms with Gasteiger partial charge in [0.25, 0.3) is 0 Å². The highest BCUT2D eigenvalue weighted by Crippen LogP contribution is 2.26. The van der Waals surface area contributed by atoms with Gasteiger partial charge in [-0.05, 0) is 103 Å². The number of hydrogen-bond donors (Lipinski definition) is 3. The Kier molecular flexibility index (Phi) is 48.8. The molecule has 0 aromatic heterocycles. The monoisotopic (exact) mass is 1080 g/mol. The number of esters is 3. The van der Waals surface area contributed by atoms with Crippen LogP contribution in [0.3, 0.4) is 0 Å². The van der Waals surface area contributed by atoms with Crippen molar-refractivity contribution >= 4 is 23.9 Å². The maximum atomic E-state index is 13.1. The van der Waals surface area contributed by atoms with E-state index in [0.29, 0.717) is 19.3 Å². The van der Waals surface area contributed by atoms with Crippen LogP contribution in [0.2, 0.25) is 0 Å².